The number of piperazine rings is 1. The molecule has 1 N–H and O–H groups in total. The second kappa shape index (κ2) is 5.81. The predicted molar refractivity (Wildman–Crippen MR) is 80.6 cm³/mol. The molecule has 1 amide bonds. The number of nitrogens with zero attached hydrogens (tertiary/aromatic N) is 1. The molecule has 1 aromatic heterocycles. The molecule has 106 valence electrons. The molecule has 1 aliphatic rings. The summed E-state index contributed by atoms with van der Waals surface area (Å²) in [5.74, 6) is 0. The van der Waals surface area contributed by atoms with Crippen molar-refractivity contribution in [2.75, 3.05) is 19.6 Å². The first kappa shape index (κ1) is 14.8. The molecular formula is C13H19BrN2O2S. The highest BCUT2D eigenvalue weighted by Crippen LogP contribution is 2.32. The Kier molecular flexibility index (Phi) is 4.53. The summed E-state index contributed by atoms with van der Waals surface area (Å²) in [6.45, 7) is 7.93. The van der Waals surface area contributed by atoms with Crippen LogP contribution < -0.4 is 5.32 Å². The van der Waals surface area contributed by atoms with Gasteiger partial charge in [-0.25, -0.2) is 4.79 Å². The van der Waals surface area contributed by atoms with Crippen LogP contribution in [0.2, 0.25) is 0 Å². The van der Waals surface area contributed by atoms with Gasteiger partial charge in [0.2, 0.25) is 0 Å². The molecule has 1 fully saturated rings. The van der Waals surface area contributed by atoms with Crippen LogP contribution in [-0.2, 0) is 4.74 Å². The fraction of sp³-hybridized carbons (Fsp3) is 0.615. The van der Waals surface area contributed by atoms with Gasteiger partial charge in [-0.1, -0.05) is 0 Å². The maximum Gasteiger partial charge on any atom is 0.410 e. The summed E-state index contributed by atoms with van der Waals surface area (Å²) < 4.78 is 6.57. The zero-order chi connectivity index (χ0) is 14.0. The van der Waals surface area contributed by atoms with Gasteiger partial charge in [-0.05, 0) is 48.8 Å². The molecule has 6 heteroatoms. The van der Waals surface area contributed by atoms with Crippen molar-refractivity contribution in [1.29, 1.82) is 0 Å². The summed E-state index contributed by atoms with van der Waals surface area (Å²) in [4.78, 5) is 15.3. The minimum atomic E-state index is -0.456. The molecule has 1 atom stereocenters. The first-order chi connectivity index (χ1) is 8.87. The second-order valence-corrected chi connectivity index (χ2v) is 8.03. The minimum absolute atomic E-state index is 0.0555. The number of ether oxygens (including phenoxy) is 1. The number of carbonyl (C=O) groups is 1. The maximum absolute atomic E-state index is 12.3. The zero-order valence-corrected chi connectivity index (χ0v) is 13.8. The summed E-state index contributed by atoms with van der Waals surface area (Å²) in [5, 5.41) is 3.33. The van der Waals surface area contributed by atoms with Crippen LogP contribution in [0.5, 0.6) is 0 Å². The van der Waals surface area contributed by atoms with Crippen LogP contribution >= 0.6 is 27.3 Å². The van der Waals surface area contributed by atoms with E-state index in [-0.39, 0.29) is 12.1 Å². The van der Waals surface area contributed by atoms with E-state index >= 15 is 0 Å². The second-order valence-electron chi connectivity index (χ2n) is 5.54. The number of amides is 1. The van der Waals surface area contributed by atoms with Crippen molar-refractivity contribution in [3.05, 3.63) is 20.8 Å². The van der Waals surface area contributed by atoms with Gasteiger partial charge in [-0.15, -0.1) is 11.3 Å². The van der Waals surface area contributed by atoms with Gasteiger partial charge < -0.3 is 10.1 Å². The van der Waals surface area contributed by atoms with Crippen molar-refractivity contribution in [2.45, 2.75) is 32.4 Å². The fourth-order valence-electron chi connectivity index (χ4n) is 2.00. The van der Waals surface area contributed by atoms with Gasteiger partial charge in [0.25, 0.3) is 0 Å². The summed E-state index contributed by atoms with van der Waals surface area (Å²) >= 11 is 5.13. The number of carbonyl (C=O) groups excluding carboxylic acids is 1. The molecule has 0 saturated carbocycles. The average molecular weight is 347 g/mol. The lowest BCUT2D eigenvalue weighted by atomic mass is 10.1. The van der Waals surface area contributed by atoms with Gasteiger partial charge in [0.1, 0.15) is 5.60 Å². The number of rotatable bonds is 1. The largest absolute Gasteiger partial charge is 0.444 e. The Labute approximate surface area is 126 Å². The molecule has 19 heavy (non-hydrogen) atoms. The van der Waals surface area contributed by atoms with E-state index in [1.165, 1.54) is 4.88 Å². The highest BCUT2D eigenvalue weighted by Gasteiger charge is 2.32. The lowest BCUT2D eigenvalue weighted by Gasteiger charge is -2.36. The molecule has 0 aliphatic carbocycles. The van der Waals surface area contributed by atoms with Gasteiger partial charge in [-0.2, -0.15) is 0 Å². The Balaban J connectivity index is 2.14. The third kappa shape index (κ3) is 3.94. The quantitative estimate of drug-likeness (QED) is 0.847. The number of halogens is 1. The zero-order valence-electron chi connectivity index (χ0n) is 11.4. The molecule has 1 aromatic rings. The normalized spacial score (nSPS) is 20.4. The molecule has 2 heterocycles. The van der Waals surface area contributed by atoms with Crippen LogP contribution in [0.3, 0.4) is 0 Å². The minimum Gasteiger partial charge on any atom is -0.444 e. The van der Waals surface area contributed by atoms with E-state index in [2.05, 4.69) is 27.3 Å². The summed E-state index contributed by atoms with van der Waals surface area (Å²) in [7, 11) is 0. The lowest BCUT2D eigenvalue weighted by Crippen LogP contribution is -2.49. The Morgan fingerprint density at radius 1 is 1.53 bits per heavy atom. The van der Waals surface area contributed by atoms with E-state index in [0.717, 1.165) is 16.9 Å². The molecule has 1 aliphatic heterocycles. The van der Waals surface area contributed by atoms with Crippen molar-refractivity contribution in [1.82, 2.24) is 10.2 Å². The highest BCUT2D eigenvalue weighted by molar-refractivity contribution is 9.11. The Bertz CT molecular complexity index is 456. The van der Waals surface area contributed by atoms with E-state index in [0.29, 0.717) is 6.54 Å². The van der Waals surface area contributed by atoms with E-state index in [1.807, 2.05) is 31.7 Å². The molecule has 0 spiro atoms. The topological polar surface area (TPSA) is 41.6 Å². The SMILES string of the molecule is CC(C)(C)OC(=O)N1CCNCC1c1ccc(Br)s1. The number of hydrogen-bond donors (Lipinski definition) is 1. The van der Waals surface area contributed by atoms with Crippen LogP contribution in [0.25, 0.3) is 0 Å². The van der Waals surface area contributed by atoms with Crippen molar-refractivity contribution < 1.29 is 9.53 Å². The van der Waals surface area contributed by atoms with Crippen LogP contribution in [0.1, 0.15) is 31.7 Å². The van der Waals surface area contributed by atoms with Crippen LogP contribution in [0.15, 0.2) is 15.9 Å². The molecular weight excluding hydrogens is 328 g/mol. The number of hydrogen-bond acceptors (Lipinski definition) is 4. The van der Waals surface area contributed by atoms with Crippen molar-refractivity contribution in [3.8, 4) is 0 Å². The third-order valence-corrected chi connectivity index (χ3v) is 4.52. The monoisotopic (exact) mass is 346 g/mol. The Hall–Kier alpha value is -0.590. The van der Waals surface area contributed by atoms with E-state index < -0.39 is 5.60 Å². The van der Waals surface area contributed by atoms with Crippen LogP contribution in [0, 0.1) is 0 Å². The summed E-state index contributed by atoms with van der Waals surface area (Å²) in [6.07, 6.45) is -0.233. The molecule has 2 rings (SSSR count). The smallest absolute Gasteiger partial charge is 0.410 e. The number of thiophene rings is 1. The third-order valence-electron chi connectivity index (χ3n) is 2.79. The molecule has 1 unspecified atom stereocenters. The molecule has 0 radical (unpaired) electrons. The van der Waals surface area contributed by atoms with E-state index in [9.17, 15) is 4.79 Å². The van der Waals surface area contributed by atoms with Gasteiger partial charge in [0.05, 0.1) is 9.83 Å². The Morgan fingerprint density at radius 2 is 2.26 bits per heavy atom. The van der Waals surface area contributed by atoms with Crippen molar-refractivity contribution >= 4 is 33.4 Å². The number of nitrogens with one attached hydrogen (secondary N) is 1. The van der Waals surface area contributed by atoms with E-state index in [1.54, 1.807) is 11.3 Å². The lowest BCUT2D eigenvalue weighted by molar-refractivity contribution is 0.0122. The molecule has 0 bridgehead atoms. The molecule has 4 nitrogen and oxygen atoms in total. The van der Waals surface area contributed by atoms with Crippen LogP contribution in [0.4, 0.5) is 4.79 Å². The van der Waals surface area contributed by atoms with Crippen molar-refractivity contribution in [2.24, 2.45) is 0 Å². The predicted octanol–water partition coefficient (Wildman–Crippen LogP) is 3.39. The standard InChI is InChI=1S/C13H19BrN2O2S/c1-13(2,3)18-12(17)16-7-6-15-8-9(16)10-4-5-11(14)19-10/h4-5,9,15H,6-8H2,1-3H3. The van der Waals surface area contributed by atoms with E-state index in [4.69, 9.17) is 4.74 Å². The summed E-state index contributed by atoms with van der Waals surface area (Å²) in [5.41, 5.74) is -0.456. The van der Waals surface area contributed by atoms with Gasteiger partial charge in [-0.3, -0.25) is 4.90 Å². The molecule has 1 saturated heterocycles. The van der Waals surface area contributed by atoms with Gasteiger partial charge in [0.15, 0.2) is 0 Å². The Morgan fingerprint density at radius 3 is 2.84 bits per heavy atom. The summed E-state index contributed by atoms with van der Waals surface area (Å²) in [6, 6.07) is 4.13. The average Bonchev–Trinajstić information content (AvgIpc) is 2.73. The highest BCUT2D eigenvalue weighted by atomic mass is 79.9. The fourth-order valence-corrected chi connectivity index (χ4v) is 3.54. The van der Waals surface area contributed by atoms with Gasteiger partial charge in [0, 0.05) is 24.5 Å². The maximum atomic E-state index is 12.3. The molecule has 0 aromatic carbocycles. The first-order valence-corrected chi connectivity index (χ1v) is 7.93. The first-order valence-electron chi connectivity index (χ1n) is 6.32. The van der Waals surface area contributed by atoms with Crippen LogP contribution in [-0.4, -0.2) is 36.2 Å². The van der Waals surface area contributed by atoms with Crippen molar-refractivity contribution in [3.63, 3.8) is 0 Å². The van der Waals surface area contributed by atoms with Gasteiger partial charge >= 0.3 is 6.09 Å².